The van der Waals surface area contributed by atoms with E-state index in [9.17, 15) is 18.0 Å². The van der Waals surface area contributed by atoms with E-state index >= 15 is 0 Å². The first-order valence-corrected chi connectivity index (χ1v) is 5.21. The summed E-state index contributed by atoms with van der Waals surface area (Å²) < 4.78 is 46.5. The van der Waals surface area contributed by atoms with E-state index in [1.807, 2.05) is 0 Å². The van der Waals surface area contributed by atoms with Crippen LogP contribution < -0.4 is 14.8 Å². The second-order valence-electron chi connectivity index (χ2n) is 3.63. The third-order valence-electron chi connectivity index (χ3n) is 2.26. The van der Waals surface area contributed by atoms with Crippen LogP contribution in [-0.2, 0) is 0 Å². The maximum atomic E-state index is 12.0. The molecule has 18 heavy (non-hydrogen) atoms. The monoisotopic (exact) mass is 261 g/mol. The summed E-state index contributed by atoms with van der Waals surface area (Å²) in [6.07, 6.45) is -4.44. The molecule has 1 heterocycles. The second kappa shape index (κ2) is 4.75. The summed E-state index contributed by atoms with van der Waals surface area (Å²) in [6.45, 7) is -0.770. The first-order chi connectivity index (χ1) is 8.47. The number of nitrogens with one attached hydrogen (secondary N) is 1. The fourth-order valence-electron chi connectivity index (χ4n) is 1.53. The predicted octanol–water partition coefficient (Wildman–Crippen LogP) is 1.75. The van der Waals surface area contributed by atoms with Crippen molar-refractivity contribution in [3.05, 3.63) is 23.8 Å². The van der Waals surface area contributed by atoms with Gasteiger partial charge in [-0.1, -0.05) is 6.07 Å². The van der Waals surface area contributed by atoms with Crippen LogP contribution in [0.3, 0.4) is 0 Å². The highest BCUT2D eigenvalue weighted by atomic mass is 19.4. The van der Waals surface area contributed by atoms with Crippen molar-refractivity contribution in [2.75, 3.05) is 19.8 Å². The topological polar surface area (TPSA) is 47.6 Å². The average Bonchev–Trinajstić information content (AvgIpc) is 2.34. The van der Waals surface area contributed by atoms with Crippen LogP contribution >= 0.6 is 0 Å². The number of ether oxygens (including phenoxy) is 2. The molecule has 0 saturated heterocycles. The highest BCUT2D eigenvalue weighted by Gasteiger charge is 2.29. The van der Waals surface area contributed by atoms with Crippen LogP contribution in [0.2, 0.25) is 0 Å². The third kappa shape index (κ3) is 2.85. The number of amides is 1. The smallest absolute Gasteiger partial charge is 0.405 e. The molecule has 0 atom stereocenters. The van der Waals surface area contributed by atoms with Gasteiger partial charge in [0.25, 0.3) is 5.91 Å². The van der Waals surface area contributed by atoms with Crippen molar-refractivity contribution in [3.8, 4) is 11.5 Å². The minimum absolute atomic E-state index is 0.0384. The Balaban J connectivity index is 2.15. The summed E-state index contributed by atoms with van der Waals surface area (Å²) in [4.78, 5) is 11.6. The van der Waals surface area contributed by atoms with Crippen LogP contribution in [0.25, 0.3) is 0 Å². The lowest BCUT2D eigenvalue weighted by Crippen LogP contribution is -2.34. The van der Waals surface area contributed by atoms with Gasteiger partial charge in [0.15, 0.2) is 11.5 Å². The molecule has 0 aromatic heterocycles. The van der Waals surface area contributed by atoms with Gasteiger partial charge >= 0.3 is 6.18 Å². The predicted molar refractivity (Wildman–Crippen MR) is 55.8 cm³/mol. The molecule has 7 heteroatoms. The molecule has 2 rings (SSSR count). The van der Waals surface area contributed by atoms with Crippen molar-refractivity contribution in [3.63, 3.8) is 0 Å². The molecule has 0 fully saturated rings. The molecule has 1 amide bonds. The van der Waals surface area contributed by atoms with Crippen molar-refractivity contribution in [1.82, 2.24) is 5.32 Å². The lowest BCUT2D eigenvalue weighted by molar-refractivity contribution is -0.123. The normalized spacial score (nSPS) is 14.2. The first kappa shape index (κ1) is 12.5. The summed E-state index contributed by atoms with van der Waals surface area (Å²) in [5.74, 6) is -0.293. The number of carbonyl (C=O) groups excluding carboxylic acids is 1. The van der Waals surface area contributed by atoms with E-state index in [0.717, 1.165) is 0 Å². The summed E-state index contributed by atoms with van der Waals surface area (Å²) in [5, 5.41) is 1.79. The number of para-hydroxylation sites is 1. The zero-order valence-corrected chi connectivity index (χ0v) is 9.21. The highest BCUT2D eigenvalue weighted by molar-refractivity contribution is 5.97. The van der Waals surface area contributed by atoms with Crippen LogP contribution in [0.4, 0.5) is 13.2 Å². The van der Waals surface area contributed by atoms with Gasteiger partial charge < -0.3 is 14.8 Å². The molecule has 4 nitrogen and oxygen atoms in total. The number of carbonyl (C=O) groups is 1. The SMILES string of the molecule is O=C(NCC(F)(F)F)c1cccc2c1OCCO2. The molecule has 0 radical (unpaired) electrons. The molecule has 1 aromatic carbocycles. The van der Waals surface area contributed by atoms with Gasteiger partial charge in [-0.05, 0) is 12.1 Å². The number of benzene rings is 1. The largest absolute Gasteiger partial charge is 0.486 e. The van der Waals surface area contributed by atoms with Crippen molar-refractivity contribution in [1.29, 1.82) is 0 Å². The maximum absolute atomic E-state index is 12.0. The van der Waals surface area contributed by atoms with Gasteiger partial charge in [-0.25, -0.2) is 0 Å². The number of halogens is 3. The quantitative estimate of drug-likeness (QED) is 0.882. The number of hydrogen-bond acceptors (Lipinski definition) is 3. The Bertz CT molecular complexity index is 459. The Labute approximate surface area is 101 Å². The maximum Gasteiger partial charge on any atom is 0.405 e. The average molecular weight is 261 g/mol. The number of hydrogen-bond donors (Lipinski definition) is 1. The molecule has 98 valence electrons. The Morgan fingerprint density at radius 2 is 2.00 bits per heavy atom. The lowest BCUT2D eigenvalue weighted by atomic mass is 10.1. The van der Waals surface area contributed by atoms with E-state index < -0.39 is 18.6 Å². The van der Waals surface area contributed by atoms with E-state index in [4.69, 9.17) is 9.47 Å². The molecular weight excluding hydrogens is 251 g/mol. The van der Waals surface area contributed by atoms with Crippen molar-refractivity contribution >= 4 is 5.91 Å². The molecule has 0 aliphatic carbocycles. The summed E-state index contributed by atoms with van der Waals surface area (Å²) in [7, 11) is 0. The van der Waals surface area contributed by atoms with E-state index in [0.29, 0.717) is 12.4 Å². The molecule has 0 spiro atoms. The molecule has 1 aromatic rings. The summed E-state index contributed by atoms with van der Waals surface area (Å²) >= 11 is 0. The minimum atomic E-state index is -4.44. The van der Waals surface area contributed by atoms with E-state index in [-0.39, 0.29) is 17.9 Å². The Hall–Kier alpha value is -1.92. The molecule has 1 N–H and O–H groups in total. The molecule has 1 aliphatic rings. The Morgan fingerprint density at radius 1 is 1.28 bits per heavy atom. The third-order valence-corrected chi connectivity index (χ3v) is 2.26. The standard InChI is InChI=1S/C11H10F3NO3/c12-11(13,14)6-15-10(16)7-2-1-3-8-9(7)18-5-4-17-8/h1-3H,4-6H2,(H,15,16). The lowest BCUT2D eigenvalue weighted by Gasteiger charge is -2.20. The number of alkyl halides is 3. The van der Waals surface area contributed by atoms with Crippen LogP contribution in [0, 0.1) is 0 Å². The van der Waals surface area contributed by atoms with E-state index in [2.05, 4.69) is 0 Å². The van der Waals surface area contributed by atoms with E-state index in [1.54, 1.807) is 11.4 Å². The van der Waals surface area contributed by atoms with Crippen LogP contribution in [0.15, 0.2) is 18.2 Å². The molecule has 1 aliphatic heterocycles. The van der Waals surface area contributed by atoms with Gasteiger partial charge in [-0.3, -0.25) is 4.79 Å². The van der Waals surface area contributed by atoms with Crippen molar-refractivity contribution < 1.29 is 27.4 Å². The van der Waals surface area contributed by atoms with Gasteiger partial charge in [0.05, 0.1) is 5.56 Å². The second-order valence-corrected chi connectivity index (χ2v) is 3.63. The van der Waals surface area contributed by atoms with E-state index in [1.165, 1.54) is 12.1 Å². The molecular formula is C11H10F3NO3. The Morgan fingerprint density at radius 3 is 2.72 bits per heavy atom. The highest BCUT2D eigenvalue weighted by Crippen LogP contribution is 2.33. The van der Waals surface area contributed by atoms with Gasteiger partial charge in [0.2, 0.25) is 0 Å². The summed E-state index contributed by atoms with van der Waals surface area (Å²) in [6, 6.07) is 4.50. The van der Waals surface area contributed by atoms with Crippen molar-refractivity contribution in [2.45, 2.75) is 6.18 Å². The zero-order valence-electron chi connectivity index (χ0n) is 9.21. The van der Waals surface area contributed by atoms with Gasteiger partial charge in [0, 0.05) is 0 Å². The van der Waals surface area contributed by atoms with Gasteiger partial charge in [-0.2, -0.15) is 13.2 Å². The van der Waals surface area contributed by atoms with Crippen molar-refractivity contribution in [2.24, 2.45) is 0 Å². The van der Waals surface area contributed by atoms with Gasteiger partial charge in [0.1, 0.15) is 19.8 Å². The number of rotatable bonds is 2. The van der Waals surface area contributed by atoms with Crippen LogP contribution in [-0.4, -0.2) is 31.8 Å². The fourth-order valence-corrected chi connectivity index (χ4v) is 1.53. The molecule has 0 saturated carbocycles. The molecule has 0 unspecified atom stereocenters. The Kier molecular flexibility index (Phi) is 3.31. The summed E-state index contributed by atoms with van der Waals surface area (Å²) in [5.41, 5.74) is 0.0384. The number of fused-ring (bicyclic) bond motifs is 1. The fraction of sp³-hybridized carbons (Fsp3) is 0.364. The first-order valence-electron chi connectivity index (χ1n) is 5.21. The van der Waals surface area contributed by atoms with Gasteiger partial charge in [-0.15, -0.1) is 0 Å². The molecule has 0 bridgehead atoms. The van der Waals surface area contributed by atoms with Crippen LogP contribution in [0.5, 0.6) is 11.5 Å². The minimum Gasteiger partial charge on any atom is -0.486 e. The van der Waals surface area contributed by atoms with Crippen LogP contribution in [0.1, 0.15) is 10.4 Å². The zero-order chi connectivity index (χ0) is 13.2.